The summed E-state index contributed by atoms with van der Waals surface area (Å²) in [5, 5.41) is 7.93. The lowest BCUT2D eigenvalue weighted by Crippen LogP contribution is -2.46. The van der Waals surface area contributed by atoms with Gasteiger partial charge in [0, 0.05) is 30.4 Å². The van der Waals surface area contributed by atoms with Crippen molar-refractivity contribution in [2.24, 2.45) is 0 Å². The van der Waals surface area contributed by atoms with Crippen molar-refractivity contribution in [2.75, 3.05) is 20.6 Å². The fourth-order valence-electron chi connectivity index (χ4n) is 2.03. The molecule has 0 bridgehead atoms. The summed E-state index contributed by atoms with van der Waals surface area (Å²) in [6.45, 7) is 7.09. The predicted octanol–water partition coefficient (Wildman–Crippen LogP) is 2.36. The lowest BCUT2D eigenvalue weighted by atomic mass is 10.0. The van der Waals surface area contributed by atoms with Gasteiger partial charge >= 0.3 is 0 Å². The Morgan fingerprint density at radius 3 is 2.52 bits per heavy atom. The van der Waals surface area contributed by atoms with Gasteiger partial charge < -0.3 is 10.2 Å². The molecular weight excluding hydrogens is 260 g/mol. The standard InChI is InChI=1S/C17H26N4/c1-17(2,20(3)4)14-18-10-16-11-19-21(13-16)12-15-8-6-5-7-9-15/h5-9,11,13,18H,10,12,14H2,1-4H3. The zero-order valence-electron chi connectivity index (χ0n) is 13.5. The largest absolute Gasteiger partial charge is 0.311 e. The minimum atomic E-state index is 0.153. The smallest absolute Gasteiger partial charge is 0.0659 e. The second-order valence-electron chi connectivity index (χ2n) is 6.34. The van der Waals surface area contributed by atoms with Crippen molar-refractivity contribution in [3.05, 3.63) is 53.9 Å². The van der Waals surface area contributed by atoms with Gasteiger partial charge in [-0.15, -0.1) is 0 Å². The summed E-state index contributed by atoms with van der Waals surface area (Å²) in [7, 11) is 4.22. The maximum atomic E-state index is 4.43. The molecule has 4 heteroatoms. The molecule has 0 radical (unpaired) electrons. The van der Waals surface area contributed by atoms with Gasteiger partial charge in [0.2, 0.25) is 0 Å². The highest BCUT2D eigenvalue weighted by atomic mass is 15.3. The van der Waals surface area contributed by atoms with Crippen molar-refractivity contribution in [2.45, 2.75) is 32.5 Å². The first kappa shape index (κ1) is 15.7. The summed E-state index contributed by atoms with van der Waals surface area (Å²) >= 11 is 0. The van der Waals surface area contributed by atoms with Gasteiger partial charge in [-0.05, 0) is 33.5 Å². The van der Waals surface area contributed by atoms with Crippen LogP contribution in [-0.2, 0) is 13.1 Å². The molecule has 0 saturated carbocycles. The fraction of sp³-hybridized carbons (Fsp3) is 0.471. The highest BCUT2D eigenvalue weighted by molar-refractivity contribution is 5.15. The summed E-state index contributed by atoms with van der Waals surface area (Å²) < 4.78 is 1.99. The lowest BCUT2D eigenvalue weighted by Gasteiger charge is -2.32. The second-order valence-corrected chi connectivity index (χ2v) is 6.34. The summed E-state index contributed by atoms with van der Waals surface area (Å²) in [4.78, 5) is 2.23. The number of nitrogens with one attached hydrogen (secondary N) is 1. The summed E-state index contributed by atoms with van der Waals surface area (Å²) in [6.07, 6.45) is 4.06. The lowest BCUT2D eigenvalue weighted by molar-refractivity contribution is 0.190. The van der Waals surface area contributed by atoms with Crippen molar-refractivity contribution >= 4 is 0 Å². The normalized spacial score (nSPS) is 12.0. The Morgan fingerprint density at radius 1 is 1.14 bits per heavy atom. The maximum Gasteiger partial charge on any atom is 0.0659 e. The van der Waals surface area contributed by atoms with E-state index in [4.69, 9.17) is 0 Å². The van der Waals surface area contributed by atoms with Crippen molar-refractivity contribution in [1.82, 2.24) is 20.0 Å². The zero-order chi connectivity index (χ0) is 15.3. The molecule has 4 nitrogen and oxygen atoms in total. The molecule has 1 N–H and O–H groups in total. The Kier molecular flexibility index (Phi) is 5.15. The van der Waals surface area contributed by atoms with Gasteiger partial charge in [-0.3, -0.25) is 4.68 Å². The first-order chi connectivity index (χ1) is 9.97. The van der Waals surface area contributed by atoms with Crippen LogP contribution in [0.4, 0.5) is 0 Å². The number of rotatable bonds is 7. The number of likely N-dealkylation sites (N-methyl/N-ethyl adjacent to an activating group) is 1. The minimum Gasteiger partial charge on any atom is -0.311 e. The van der Waals surface area contributed by atoms with Crippen molar-refractivity contribution in [3.63, 3.8) is 0 Å². The van der Waals surface area contributed by atoms with Crippen LogP contribution in [0, 0.1) is 0 Å². The fourth-order valence-corrected chi connectivity index (χ4v) is 2.03. The number of aromatic nitrogens is 2. The second kappa shape index (κ2) is 6.87. The molecule has 0 atom stereocenters. The maximum absolute atomic E-state index is 4.43. The molecule has 0 amide bonds. The molecule has 0 aliphatic heterocycles. The number of nitrogens with zero attached hydrogens (tertiary/aromatic N) is 3. The predicted molar refractivity (Wildman–Crippen MR) is 87.2 cm³/mol. The molecule has 1 aromatic heterocycles. The third-order valence-electron chi connectivity index (χ3n) is 3.97. The molecule has 0 fully saturated rings. The summed E-state index contributed by atoms with van der Waals surface area (Å²) in [6, 6.07) is 10.4. The Balaban J connectivity index is 1.84. The van der Waals surface area contributed by atoms with Crippen LogP contribution in [0.15, 0.2) is 42.7 Å². The number of hydrogen-bond donors (Lipinski definition) is 1. The third kappa shape index (κ3) is 4.69. The molecule has 21 heavy (non-hydrogen) atoms. The van der Waals surface area contributed by atoms with Crippen LogP contribution in [0.3, 0.4) is 0 Å². The van der Waals surface area contributed by atoms with Crippen molar-refractivity contribution in [1.29, 1.82) is 0 Å². The summed E-state index contributed by atoms with van der Waals surface area (Å²) in [5.41, 5.74) is 2.65. The van der Waals surface area contributed by atoms with Crippen LogP contribution in [-0.4, -0.2) is 40.9 Å². The van der Waals surface area contributed by atoms with E-state index in [0.29, 0.717) is 0 Å². The van der Waals surface area contributed by atoms with Crippen LogP contribution in [0.25, 0.3) is 0 Å². The SMILES string of the molecule is CN(C)C(C)(C)CNCc1cnn(Cc2ccccc2)c1. The van der Waals surface area contributed by atoms with E-state index in [9.17, 15) is 0 Å². The molecule has 2 rings (SSSR count). The Labute approximate surface area is 127 Å². The van der Waals surface area contributed by atoms with E-state index in [-0.39, 0.29) is 5.54 Å². The Bertz CT molecular complexity index is 543. The first-order valence-electron chi connectivity index (χ1n) is 7.41. The Morgan fingerprint density at radius 2 is 1.86 bits per heavy atom. The average Bonchev–Trinajstić information content (AvgIpc) is 2.87. The first-order valence-corrected chi connectivity index (χ1v) is 7.41. The molecule has 0 saturated heterocycles. The van der Waals surface area contributed by atoms with E-state index in [1.54, 1.807) is 0 Å². The Hall–Kier alpha value is -1.65. The van der Waals surface area contributed by atoms with E-state index >= 15 is 0 Å². The molecule has 114 valence electrons. The number of hydrogen-bond acceptors (Lipinski definition) is 3. The molecular formula is C17H26N4. The van der Waals surface area contributed by atoms with Gasteiger partial charge in [-0.25, -0.2) is 0 Å². The minimum absolute atomic E-state index is 0.153. The van der Waals surface area contributed by atoms with Crippen molar-refractivity contribution < 1.29 is 0 Å². The topological polar surface area (TPSA) is 33.1 Å². The van der Waals surface area contributed by atoms with Crippen molar-refractivity contribution in [3.8, 4) is 0 Å². The highest BCUT2D eigenvalue weighted by Crippen LogP contribution is 2.09. The van der Waals surface area contributed by atoms with Crippen LogP contribution in [0.2, 0.25) is 0 Å². The molecule has 1 aromatic carbocycles. The molecule has 0 unspecified atom stereocenters. The van der Waals surface area contributed by atoms with Gasteiger partial charge in [-0.2, -0.15) is 5.10 Å². The van der Waals surface area contributed by atoms with E-state index in [1.165, 1.54) is 11.1 Å². The van der Waals surface area contributed by atoms with Gasteiger partial charge in [0.25, 0.3) is 0 Å². The molecule has 0 aliphatic rings. The average molecular weight is 286 g/mol. The highest BCUT2D eigenvalue weighted by Gasteiger charge is 2.19. The van der Waals surface area contributed by atoms with Gasteiger partial charge in [0.15, 0.2) is 0 Å². The summed E-state index contributed by atoms with van der Waals surface area (Å²) in [5.74, 6) is 0. The number of benzene rings is 1. The van der Waals surface area contributed by atoms with E-state index in [1.807, 2.05) is 16.9 Å². The van der Waals surface area contributed by atoms with Crippen LogP contribution < -0.4 is 5.32 Å². The van der Waals surface area contributed by atoms with Gasteiger partial charge in [0.1, 0.15) is 0 Å². The van der Waals surface area contributed by atoms with Crippen LogP contribution in [0.1, 0.15) is 25.0 Å². The molecule has 1 heterocycles. The van der Waals surface area contributed by atoms with E-state index in [0.717, 1.165) is 19.6 Å². The van der Waals surface area contributed by atoms with Gasteiger partial charge in [0.05, 0.1) is 12.7 Å². The zero-order valence-corrected chi connectivity index (χ0v) is 13.5. The molecule has 0 aliphatic carbocycles. The third-order valence-corrected chi connectivity index (χ3v) is 3.97. The van der Waals surface area contributed by atoms with E-state index < -0.39 is 0 Å². The quantitative estimate of drug-likeness (QED) is 0.848. The van der Waals surface area contributed by atoms with Crippen LogP contribution >= 0.6 is 0 Å². The van der Waals surface area contributed by atoms with E-state index in [2.05, 4.69) is 73.7 Å². The molecule has 2 aromatic rings. The molecule has 0 spiro atoms. The van der Waals surface area contributed by atoms with Gasteiger partial charge in [-0.1, -0.05) is 30.3 Å². The van der Waals surface area contributed by atoms with Crippen LogP contribution in [0.5, 0.6) is 0 Å². The monoisotopic (exact) mass is 286 g/mol.